The van der Waals surface area contributed by atoms with Crippen LogP contribution in [-0.2, 0) is 9.59 Å². The van der Waals surface area contributed by atoms with E-state index in [2.05, 4.69) is 61.2 Å². The summed E-state index contributed by atoms with van der Waals surface area (Å²) in [5.74, 6) is -0.122. The van der Waals surface area contributed by atoms with Crippen molar-refractivity contribution in [2.75, 3.05) is 56.0 Å². The molecular weight excluding hydrogens is 580 g/mol. The van der Waals surface area contributed by atoms with Crippen molar-refractivity contribution in [3.63, 3.8) is 0 Å². The molecule has 6 rings (SSSR count). The number of fused-ring (bicyclic) bond motifs is 1. The second-order valence-corrected chi connectivity index (χ2v) is 11.7. The summed E-state index contributed by atoms with van der Waals surface area (Å²) in [4.78, 5) is 37.1. The monoisotopic (exact) mass is 619 g/mol. The number of carbonyl (C=O) groups excluding carboxylic acids is 2. The molecule has 4 heterocycles. The van der Waals surface area contributed by atoms with Crippen molar-refractivity contribution in [3.05, 3.63) is 97.5 Å². The number of anilines is 2. The Labute approximate surface area is 268 Å². The Kier molecular flexibility index (Phi) is 9.20. The first-order valence-corrected chi connectivity index (χ1v) is 15.6. The van der Waals surface area contributed by atoms with Gasteiger partial charge in [0.2, 0.25) is 24.2 Å². The van der Waals surface area contributed by atoms with E-state index < -0.39 is 0 Å². The summed E-state index contributed by atoms with van der Waals surface area (Å²) >= 11 is 0. The summed E-state index contributed by atoms with van der Waals surface area (Å²) in [7, 11) is 0. The summed E-state index contributed by atoms with van der Waals surface area (Å²) in [5, 5.41) is 20.9. The summed E-state index contributed by atoms with van der Waals surface area (Å²) in [6.07, 6.45) is 9.04. The van der Waals surface area contributed by atoms with E-state index in [4.69, 9.17) is 0 Å². The van der Waals surface area contributed by atoms with Crippen LogP contribution in [0.3, 0.4) is 0 Å². The summed E-state index contributed by atoms with van der Waals surface area (Å²) in [5.41, 5.74) is 6.29. The molecule has 11 heteroatoms. The molecule has 2 aliphatic heterocycles. The van der Waals surface area contributed by atoms with E-state index in [9.17, 15) is 14.8 Å². The number of piperazine rings is 1. The number of amides is 2. The number of hydrogen-bond acceptors (Lipinski definition) is 7. The molecule has 2 aromatic heterocycles. The number of carbonyl (C=O) groups is 2. The van der Waals surface area contributed by atoms with Crippen LogP contribution < -0.4 is 14.9 Å². The molecule has 11 nitrogen and oxygen atoms in total. The van der Waals surface area contributed by atoms with Gasteiger partial charge in [-0.05, 0) is 61.9 Å². The van der Waals surface area contributed by atoms with Crippen LogP contribution >= 0.6 is 0 Å². The van der Waals surface area contributed by atoms with Gasteiger partial charge in [-0.3, -0.25) is 29.8 Å². The van der Waals surface area contributed by atoms with Crippen molar-refractivity contribution in [2.45, 2.75) is 13.3 Å². The molecule has 236 valence electrons. The van der Waals surface area contributed by atoms with Crippen LogP contribution in [0.15, 0.2) is 96.9 Å². The summed E-state index contributed by atoms with van der Waals surface area (Å²) < 4.78 is 0.979. The molecule has 1 atom stereocenters. The minimum atomic E-state index is -0.187. The molecule has 46 heavy (non-hydrogen) atoms. The topological polar surface area (TPSA) is 121 Å². The Morgan fingerprint density at radius 2 is 1.85 bits per heavy atom. The van der Waals surface area contributed by atoms with Crippen molar-refractivity contribution < 1.29 is 19.5 Å². The molecule has 0 bridgehead atoms. The summed E-state index contributed by atoms with van der Waals surface area (Å²) in [6, 6.07) is 17.6. The van der Waals surface area contributed by atoms with Gasteiger partial charge in [0.05, 0.1) is 18.0 Å². The van der Waals surface area contributed by atoms with Gasteiger partial charge in [-0.25, -0.2) is 0 Å². The standard InChI is InChI=1S/C35H38N8O3/c1-3-4-14-36-25(2)26-5-8-30(9-6-26)41-18-20-42(21-19-41)33(44)24-40-15-11-28(23-40)35(45)37-29-7-10-32-31(22-29)34(39-38-32)27-12-16-43(46)17-13-27/h3-10,12-14,16-17,22,28,46H,1,11,15,18-21,23-24H2,2H3,(H,37,39,45)/p+1/b14-4-,36-25+/t28-/m1/s1. The number of nitrogens with one attached hydrogen (secondary N) is 2. The van der Waals surface area contributed by atoms with E-state index in [1.54, 1.807) is 42.9 Å². The number of pyridine rings is 1. The predicted molar refractivity (Wildman–Crippen MR) is 179 cm³/mol. The fraction of sp³-hybridized carbons (Fsp3) is 0.286. The van der Waals surface area contributed by atoms with Crippen LogP contribution in [0, 0.1) is 5.92 Å². The minimum Gasteiger partial charge on any atom is -0.368 e. The highest BCUT2D eigenvalue weighted by Crippen LogP contribution is 2.29. The molecule has 2 aliphatic rings. The number of rotatable bonds is 9. The van der Waals surface area contributed by atoms with Crippen molar-refractivity contribution in [2.24, 2.45) is 10.9 Å². The highest BCUT2D eigenvalue weighted by molar-refractivity contribution is 6.00. The van der Waals surface area contributed by atoms with Gasteiger partial charge in [0.15, 0.2) is 0 Å². The van der Waals surface area contributed by atoms with Crippen LogP contribution in [-0.4, -0.2) is 88.5 Å². The zero-order valence-electron chi connectivity index (χ0n) is 26.0. The number of hydrogen-bond donors (Lipinski definition) is 3. The van der Waals surface area contributed by atoms with Crippen molar-refractivity contribution >= 4 is 39.8 Å². The SMILES string of the molecule is C=C/C=C\N=C(/C)c1ccc(N2CCN(C(=O)CN3CC[C@@H](C(=O)Nc4ccc5[nH]nc(-c6cc[n+](O)cc6)c5c4)C3)CC2)cc1. The Morgan fingerprint density at radius 3 is 2.59 bits per heavy atom. The number of H-pyrrole nitrogens is 1. The number of aromatic nitrogens is 3. The van der Waals surface area contributed by atoms with Crippen molar-refractivity contribution in [1.29, 1.82) is 0 Å². The van der Waals surface area contributed by atoms with E-state index in [1.807, 2.05) is 30.0 Å². The molecule has 4 aromatic rings. The van der Waals surface area contributed by atoms with Gasteiger partial charge in [0, 0.05) is 83.8 Å². The van der Waals surface area contributed by atoms with Gasteiger partial charge in [-0.15, -0.1) is 0 Å². The summed E-state index contributed by atoms with van der Waals surface area (Å²) in [6.45, 7) is 10.1. The average molecular weight is 620 g/mol. The lowest BCUT2D eigenvalue weighted by molar-refractivity contribution is -0.904. The Balaban J connectivity index is 0.980. The first-order valence-electron chi connectivity index (χ1n) is 15.6. The third-order valence-electron chi connectivity index (χ3n) is 8.69. The van der Waals surface area contributed by atoms with Crippen LogP contribution in [0.25, 0.3) is 22.2 Å². The Hall–Kier alpha value is -5.29. The van der Waals surface area contributed by atoms with Gasteiger partial charge < -0.3 is 15.1 Å². The first kappa shape index (κ1) is 30.7. The van der Waals surface area contributed by atoms with Gasteiger partial charge >= 0.3 is 0 Å². The maximum absolute atomic E-state index is 13.2. The molecule has 2 aromatic carbocycles. The fourth-order valence-corrected chi connectivity index (χ4v) is 6.03. The normalized spacial score (nSPS) is 17.6. The van der Waals surface area contributed by atoms with Crippen LogP contribution in [0.4, 0.5) is 11.4 Å². The van der Waals surface area contributed by atoms with Crippen LogP contribution in [0.5, 0.6) is 0 Å². The molecule has 0 aliphatic carbocycles. The van der Waals surface area contributed by atoms with E-state index >= 15 is 0 Å². The fourth-order valence-electron chi connectivity index (χ4n) is 6.03. The van der Waals surface area contributed by atoms with E-state index in [-0.39, 0.29) is 17.7 Å². The maximum Gasteiger partial charge on any atom is 0.236 e. The lowest BCUT2D eigenvalue weighted by Crippen LogP contribution is -2.51. The second kappa shape index (κ2) is 13.8. The number of nitrogens with zero attached hydrogens (tertiary/aromatic N) is 6. The second-order valence-electron chi connectivity index (χ2n) is 11.7. The highest BCUT2D eigenvalue weighted by atomic mass is 16.5. The average Bonchev–Trinajstić information content (AvgIpc) is 3.73. The van der Waals surface area contributed by atoms with Crippen LogP contribution in [0.2, 0.25) is 0 Å². The van der Waals surface area contributed by atoms with Crippen molar-refractivity contribution in [3.8, 4) is 11.3 Å². The number of aliphatic imine (C=N–C) groups is 1. The van der Waals surface area contributed by atoms with E-state index in [0.717, 1.165) is 56.9 Å². The largest absolute Gasteiger partial charge is 0.368 e. The molecule has 2 saturated heterocycles. The molecule has 2 fully saturated rings. The zero-order valence-corrected chi connectivity index (χ0v) is 26.0. The molecule has 3 N–H and O–H groups in total. The number of benzene rings is 2. The lowest BCUT2D eigenvalue weighted by Gasteiger charge is -2.36. The van der Waals surface area contributed by atoms with Crippen molar-refractivity contribution in [1.82, 2.24) is 20.0 Å². The third-order valence-corrected chi connectivity index (χ3v) is 8.69. The van der Waals surface area contributed by atoms with E-state index in [1.165, 1.54) is 0 Å². The smallest absolute Gasteiger partial charge is 0.236 e. The third kappa shape index (κ3) is 7.00. The van der Waals surface area contributed by atoms with Gasteiger partial charge in [-0.2, -0.15) is 5.10 Å². The van der Waals surface area contributed by atoms with Gasteiger partial charge in [0.1, 0.15) is 5.69 Å². The molecule has 2 amide bonds. The van der Waals surface area contributed by atoms with Gasteiger partial charge in [-0.1, -0.05) is 24.8 Å². The lowest BCUT2D eigenvalue weighted by atomic mass is 10.1. The molecular formula is C35H39N8O3+. The maximum atomic E-state index is 13.2. The predicted octanol–water partition coefficient (Wildman–Crippen LogP) is 3.87. The Bertz CT molecular complexity index is 1770. The minimum absolute atomic E-state index is 0.0466. The first-order chi connectivity index (χ1) is 22.4. The quantitative estimate of drug-likeness (QED) is 0.113. The number of aromatic amines is 1. The van der Waals surface area contributed by atoms with E-state index in [0.29, 0.717) is 44.8 Å². The highest BCUT2D eigenvalue weighted by Gasteiger charge is 2.31. The molecule has 0 radical (unpaired) electrons. The van der Waals surface area contributed by atoms with Gasteiger partial charge in [0.25, 0.3) is 0 Å². The van der Waals surface area contributed by atoms with Crippen LogP contribution in [0.1, 0.15) is 18.9 Å². The molecule has 0 spiro atoms. The zero-order chi connectivity index (χ0) is 32.0. The number of allylic oxidation sites excluding steroid dienone is 2. The molecule has 0 saturated carbocycles. The Morgan fingerprint density at radius 1 is 1.09 bits per heavy atom. The molecule has 0 unspecified atom stereocenters. The number of likely N-dealkylation sites (tertiary alicyclic amines) is 1.